The molecule has 0 N–H and O–H groups in total. The molecular formula is C32H30N8O3RuS. The first-order valence-electron chi connectivity index (χ1n) is 13.4. The van der Waals surface area contributed by atoms with Crippen molar-refractivity contribution in [3.8, 4) is 22.8 Å². The molecule has 11 nitrogen and oxygen atoms in total. The van der Waals surface area contributed by atoms with Crippen molar-refractivity contribution in [2.24, 2.45) is 15.2 Å². The van der Waals surface area contributed by atoms with Crippen LogP contribution in [0.25, 0.3) is 22.8 Å². The Kier molecular flexibility index (Phi) is 17.0. The number of rotatable bonds is 9. The Morgan fingerprint density at radius 1 is 0.689 bits per heavy atom. The van der Waals surface area contributed by atoms with E-state index in [0.717, 1.165) is 22.8 Å². The number of aliphatic imine (C=N–C) groups is 1. The number of carboxylic acid groups (broad SMARTS) is 1. The Morgan fingerprint density at radius 2 is 1.13 bits per heavy atom. The zero-order valence-electron chi connectivity index (χ0n) is 24.5. The van der Waals surface area contributed by atoms with Crippen molar-refractivity contribution in [3.05, 3.63) is 116 Å². The van der Waals surface area contributed by atoms with Gasteiger partial charge < -0.3 is 15.0 Å². The van der Waals surface area contributed by atoms with Gasteiger partial charge in [-0.25, -0.2) is 15.0 Å². The molecule has 0 saturated heterocycles. The number of nitrogens with zero attached hydrogens (tertiary/aromatic N) is 8. The maximum absolute atomic E-state index is 10.5. The van der Waals surface area contributed by atoms with Crippen LogP contribution in [0.5, 0.6) is 0 Å². The zero-order valence-corrected chi connectivity index (χ0v) is 27.1. The van der Waals surface area contributed by atoms with Crippen molar-refractivity contribution in [1.82, 2.24) is 24.9 Å². The van der Waals surface area contributed by atoms with Crippen LogP contribution in [0.1, 0.15) is 13.3 Å². The van der Waals surface area contributed by atoms with Crippen LogP contribution >= 0.6 is 11.8 Å². The first-order valence-corrected chi connectivity index (χ1v) is 14.8. The standard InChI is InChI=1S/C15H11N3.C10H8N4.C7H13NO3S.Ru/c1-3-10-16-12(6-1)14-8-5-9-15(18-14)13-7-2-4-11-17-13;1-3-7-11-9(5-1)13-14-10-6-2-4-8-12-10;1-5(9)8-6(7(10)11)3-4-12-2;/h1-11H;1-8H;6H,3-4H2,1-2H3,(H,8,9)(H,10,11);/q;;;+2/p-2/b;14-13+;;. The summed E-state index contributed by atoms with van der Waals surface area (Å²) in [4.78, 5) is 35.0. The van der Waals surface area contributed by atoms with E-state index in [2.05, 4.69) is 40.1 Å². The number of hydrogen-bond acceptors (Lipinski definition) is 12. The topological polar surface area (TPSA) is 165 Å². The molecule has 0 aliphatic rings. The molecule has 0 bridgehead atoms. The minimum Gasteiger partial charge on any atom is -0.862 e. The Labute approximate surface area is 278 Å². The average Bonchev–Trinajstić information content (AvgIpc) is 3.08. The molecule has 13 heteroatoms. The fourth-order valence-electron chi connectivity index (χ4n) is 3.36. The van der Waals surface area contributed by atoms with E-state index in [-0.39, 0.29) is 19.5 Å². The Morgan fingerprint density at radius 3 is 1.49 bits per heavy atom. The summed E-state index contributed by atoms with van der Waals surface area (Å²) in [5.41, 5.74) is 3.46. The molecule has 0 aliphatic carbocycles. The van der Waals surface area contributed by atoms with Gasteiger partial charge in [-0.15, -0.1) is 10.2 Å². The van der Waals surface area contributed by atoms with Crippen LogP contribution in [-0.2, 0) is 24.3 Å². The molecule has 0 saturated carbocycles. The molecule has 0 aromatic carbocycles. The fourth-order valence-corrected chi connectivity index (χ4v) is 3.82. The van der Waals surface area contributed by atoms with Crippen molar-refractivity contribution < 1.29 is 34.5 Å². The maximum atomic E-state index is 10.5. The van der Waals surface area contributed by atoms with Gasteiger partial charge in [-0.2, -0.15) is 11.8 Å². The molecule has 0 fully saturated rings. The fraction of sp³-hybridized carbons (Fsp3) is 0.156. The van der Waals surface area contributed by atoms with E-state index in [4.69, 9.17) is 0 Å². The molecule has 0 spiro atoms. The van der Waals surface area contributed by atoms with Crippen molar-refractivity contribution in [1.29, 1.82) is 0 Å². The molecule has 5 heterocycles. The largest absolute Gasteiger partial charge is 2.00 e. The minimum absolute atomic E-state index is 0. The summed E-state index contributed by atoms with van der Waals surface area (Å²) in [5, 5.41) is 28.7. The number of azo groups is 1. The SMILES string of the molecule is CSCCC(N=C(C)[O-])C(=O)[O-].[Ru+2].c1ccc(-c2cccc(-c3ccccn3)n2)nc1.c1ccc(/N=N/c2ccccn2)nc1. The summed E-state index contributed by atoms with van der Waals surface area (Å²) in [6, 6.07) is 27.5. The molecule has 230 valence electrons. The summed E-state index contributed by atoms with van der Waals surface area (Å²) < 4.78 is 0. The van der Waals surface area contributed by atoms with Gasteiger partial charge >= 0.3 is 19.5 Å². The quantitative estimate of drug-likeness (QED) is 0.0912. The van der Waals surface area contributed by atoms with Gasteiger partial charge in [-0.05, 0) is 91.9 Å². The van der Waals surface area contributed by atoms with Gasteiger partial charge in [0.25, 0.3) is 0 Å². The van der Waals surface area contributed by atoms with Crippen molar-refractivity contribution in [2.45, 2.75) is 19.4 Å². The number of carboxylic acids is 1. The number of pyridine rings is 5. The third-order valence-corrected chi connectivity index (χ3v) is 6.01. The van der Waals surface area contributed by atoms with Gasteiger partial charge in [0, 0.05) is 24.8 Å². The number of carbonyl (C=O) groups is 1. The predicted molar refractivity (Wildman–Crippen MR) is 168 cm³/mol. The Hall–Kier alpha value is -4.74. The van der Waals surface area contributed by atoms with Gasteiger partial charge in [0.15, 0.2) is 11.6 Å². The third kappa shape index (κ3) is 14.1. The number of carbonyl (C=O) groups excluding carboxylic acids is 1. The summed E-state index contributed by atoms with van der Waals surface area (Å²) >= 11 is 1.51. The molecule has 5 aromatic heterocycles. The monoisotopic (exact) mass is 708 g/mol. The number of thioether (sulfide) groups is 1. The molecule has 0 radical (unpaired) electrons. The van der Waals surface area contributed by atoms with Crippen LogP contribution in [0, 0.1) is 0 Å². The zero-order chi connectivity index (χ0) is 31.4. The molecule has 0 aliphatic heterocycles. The van der Waals surface area contributed by atoms with Gasteiger partial charge in [0.2, 0.25) is 0 Å². The van der Waals surface area contributed by atoms with E-state index in [1.54, 1.807) is 36.9 Å². The minimum atomic E-state index is -1.28. The molecule has 5 aromatic rings. The summed E-state index contributed by atoms with van der Waals surface area (Å²) in [6.07, 6.45) is 9.09. The van der Waals surface area contributed by atoms with Crippen LogP contribution in [0.4, 0.5) is 11.6 Å². The van der Waals surface area contributed by atoms with Gasteiger partial charge in [0.1, 0.15) is 0 Å². The molecular weight excluding hydrogens is 678 g/mol. The second kappa shape index (κ2) is 21.0. The molecule has 5 rings (SSSR count). The first-order chi connectivity index (χ1) is 21.5. The van der Waals surface area contributed by atoms with E-state index in [9.17, 15) is 15.0 Å². The second-order valence-corrected chi connectivity index (χ2v) is 9.66. The van der Waals surface area contributed by atoms with Gasteiger partial charge in [-0.3, -0.25) is 15.0 Å². The number of hydrogen-bond donors (Lipinski definition) is 0. The van der Waals surface area contributed by atoms with E-state index in [1.165, 1.54) is 18.7 Å². The maximum Gasteiger partial charge on any atom is 2.00 e. The van der Waals surface area contributed by atoms with Crippen LogP contribution in [-0.4, -0.2) is 54.8 Å². The molecule has 0 amide bonds. The van der Waals surface area contributed by atoms with Crippen molar-refractivity contribution >= 4 is 35.3 Å². The van der Waals surface area contributed by atoms with E-state index in [0.29, 0.717) is 23.8 Å². The molecule has 1 atom stereocenters. The third-order valence-electron chi connectivity index (χ3n) is 5.36. The second-order valence-electron chi connectivity index (χ2n) is 8.68. The number of aliphatic carboxylic acids is 1. The molecule has 45 heavy (non-hydrogen) atoms. The van der Waals surface area contributed by atoms with Crippen molar-refractivity contribution in [3.63, 3.8) is 0 Å². The smallest absolute Gasteiger partial charge is 0.862 e. The first kappa shape index (κ1) is 36.5. The molecule has 1 unspecified atom stereocenters. The van der Waals surface area contributed by atoms with Crippen LogP contribution in [0.15, 0.2) is 131 Å². The Balaban J connectivity index is 0.000000239. The average molecular weight is 708 g/mol. The van der Waals surface area contributed by atoms with Gasteiger partial charge in [-0.1, -0.05) is 30.3 Å². The normalized spacial score (nSPS) is 11.2. The van der Waals surface area contributed by atoms with Gasteiger partial charge in [0.05, 0.1) is 34.8 Å². The summed E-state index contributed by atoms with van der Waals surface area (Å²) in [6.45, 7) is 1.23. The van der Waals surface area contributed by atoms with Crippen LogP contribution in [0.2, 0.25) is 0 Å². The Bertz CT molecular complexity index is 1500. The summed E-state index contributed by atoms with van der Waals surface area (Å²) in [7, 11) is 0. The summed E-state index contributed by atoms with van der Waals surface area (Å²) in [5.74, 6) is 0.0796. The van der Waals surface area contributed by atoms with E-state index < -0.39 is 17.9 Å². The predicted octanol–water partition coefficient (Wildman–Crippen LogP) is 4.73. The van der Waals surface area contributed by atoms with E-state index >= 15 is 0 Å². The van der Waals surface area contributed by atoms with Crippen LogP contribution in [0.3, 0.4) is 0 Å². The van der Waals surface area contributed by atoms with Crippen molar-refractivity contribution in [2.75, 3.05) is 12.0 Å². The van der Waals surface area contributed by atoms with Crippen LogP contribution < -0.4 is 10.2 Å². The number of aromatic nitrogens is 5. The van der Waals surface area contributed by atoms with E-state index in [1.807, 2.05) is 85.1 Å².